The van der Waals surface area contributed by atoms with Crippen LogP contribution in [0.3, 0.4) is 0 Å². The van der Waals surface area contributed by atoms with Crippen LogP contribution in [0.2, 0.25) is 0 Å². The number of carbonyl (C=O) groups excluding carboxylic acids is 1. The van der Waals surface area contributed by atoms with Crippen molar-refractivity contribution in [3.63, 3.8) is 0 Å². The predicted molar refractivity (Wildman–Crippen MR) is 120 cm³/mol. The Morgan fingerprint density at radius 1 is 1.15 bits per heavy atom. The summed E-state index contributed by atoms with van der Waals surface area (Å²) in [4.78, 5) is 38.7. The number of anilines is 1. The van der Waals surface area contributed by atoms with Crippen LogP contribution in [0.4, 0.5) is 15.0 Å². The summed E-state index contributed by atoms with van der Waals surface area (Å²) in [6, 6.07) is 6.25. The summed E-state index contributed by atoms with van der Waals surface area (Å²) in [5, 5.41) is 18.3. The highest BCUT2D eigenvalue weighted by Crippen LogP contribution is 2.40. The maximum Gasteiger partial charge on any atom is 0.412 e. The van der Waals surface area contributed by atoms with Gasteiger partial charge in [-0.05, 0) is 56.6 Å². The fourth-order valence-electron chi connectivity index (χ4n) is 3.78. The third-order valence-corrected chi connectivity index (χ3v) is 6.50. The quantitative estimate of drug-likeness (QED) is 0.537. The number of ether oxygens (including phenoxy) is 1. The van der Waals surface area contributed by atoms with Crippen molar-refractivity contribution < 1.29 is 33.7 Å². The molecule has 3 aliphatic rings. The van der Waals surface area contributed by atoms with Gasteiger partial charge in [-0.3, -0.25) is 5.32 Å². The first-order chi connectivity index (χ1) is 15.8. The van der Waals surface area contributed by atoms with Crippen LogP contribution in [-0.2, 0) is 14.3 Å². The molecular weight excluding hydrogens is 453 g/mol. The van der Waals surface area contributed by atoms with Crippen LogP contribution in [0.15, 0.2) is 41.9 Å². The van der Waals surface area contributed by atoms with E-state index in [0.29, 0.717) is 30.1 Å². The average molecular weight is 478 g/mol. The van der Waals surface area contributed by atoms with Crippen LogP contribution in [-0.4, -0.2) is 64.4 Å². The largest absolute Gasteiger partial charge is 0.478 e. The number of fused-ring (bicyclic) bond motifs is 3. The number of amides is 1. The molecular formula is C22H24FN3O6S. The van der Waals surface area contributed by atoms with Gasteiger partial charge in [0.15, 0.2) is 5.82 Å². The van der Waals surface area contributed by atoms with Crippen molar-refractivity contribution in [1.82, 2.24) is 9.88 Å². The molecule has 1 aromatic heterocycles. The minimum Gasteiger partial charge on any atom is -0.478 e. The molecule has 1 amide bonds. The number of aliphatic carboxylic acids is 2. The number of carbonyl (C=O) groups is 3. The van der Waals surface area contributed by atoms with E-state index in [1.807, 2.05) is 0 Å². The van der Waals surface area contributed by atoms with E-state index in [9.17, 15) is 18.8 Å². The Hall–Kier alpha value is -3.31. The summed E-state index contributed by atoms with van der Waals surface area (Å²) in [6.07, 6.45) is 3.89. The Morgan fingerprint density at radius 3 is 2.36 bits per heavy atom. The number of carboxylic acid groups (broad SMARTS) is 2. The maximum atomic E-state index is 13.4. The van der Waals surface area contributed by atoms with E-state index in [2.05, 4.69) is 15.2 Å². The molecule has 3 fully saturated rings. The zero-order chi connectivity index (χ0) is 23.8. The zero-order valence-corrected chi connectivity index (χ0v) is 18.5. The highest BCUT2D eigenvalue weighted by atomic mass is 32.1. The lowest BCUT2D eigenvalue weighted by Gasteiger charge is -2.47. The second kappa shape index (κ2) is 11.0. The van der Waals surface area contributed by atoms with Gasteiger partial charge in [0.25, 0.3) is 0 Å². The molecule has 0 radical (unpaired) electrons. The number of nitrogens with zero attached hydrogens (tertiary/aromatic N) is 2. The first-order valence-corrected chi connectivity index (χ1v) is 11.1. The number of benzene rings is 1. The lowest BCUT2D eigenvalue weighted by molar-refractivity contribution is -0.134. The van der Waals surface area contributed by atoms with Crippen molar-refractivity contribution in [2.45, 2.75) is 19.3 Å². The monoisotopic (exact) mass is 477 g/mol. The highest BCUT2D eigenvalue weighted by Gasteiger charge is 2.40. The van der Waals surface area contributed by atoms with E-state index in [4.69, 9.17) is 14.9 Å². The van der Waals surface area contributed by atoms with Crippen LogP contribution < -0.4 is 5.32 Å². The van der Waals surface area contributed by atoms with Crippen molar-refractivity contribution in [2.24, 2.45) is 5.41 Å². The number of nitrogens with one attached hydrogen (secondary N) is 1. The van der Waals surface area contributed by atoms with Crippen molar-refractivity contribution in [2.75, 3.05) is 31.6 Å². The summed E-state index contributed by atoms with van der Waals surface area (Å²) < 4.78 is 18.9. The van der Waals surface area contributed by atoms with E-state index in [0.717, 1.165) is 43.8 Å². The molecule has 2 aromatic rings. The molecule has 1 aromatic carbocycles. The number of piperidine rings is 3. The number of carboxylic acids is 2. The third kappa shape index (κ3) is 7.09. The van der Waals surface area contributed by atoms with E-state index in [-0.39, 0.29) is 11.2 Å². The van der Waals surface area contributed by atoms with Gasteiger partial charge in [-0.1, -0.05) is 12.1 Å². The smallest absolute Gasteiger partial charge is 0.412 e. The number of hydrogen-bond donors (Lipinski definition) is 3. The van der Waals surface area contributed by atoms with Gasteiger partial charge in [-0.15, -0.1) is 11.3 Å². The van der Waals surface area contributed by atoms with Gasteiger partial charge in [0.05, 0.1) is 17.0 Å². The van der Waals surface area contributed by atoms with Crippen LogP contribution in [0.25, 0.3) is 10.4 Å². The van der Waals surface area contributed by atoms with Crippen LogP contribution in [0, 0.1) is 11.2 Å². The van der Waals surface area contributed by atoms with E-state index in [1.54, 1.807) is 17.6 Å². The first kappa shape index (κ1) is 24.3. The number of aromatic nitrogens is 1. The number of thiazole rings is 1. The number of hydrogen-bond acceptors (Lipinski definition) is 7. The third-order valence-electron chi connectivity index (χ3n) is 5.63. The Kier molecular flexibility index (Phi) is 8.12. The zero-order valence-electron chi connectivity index (χ0n) is 17.7. The summed E-state index contributed by atoms with van der Waals surface area (Å²) in [5.41, 5.74) is 2.46. The van der Waals surface area contributed by atoms with Crippen molar-refractivity contribution >= 4 is 35.2 Å². The minimum atomic E-state index is -1.26. The normalized spacial score (nSPS) is 21.2. The predicted octanol–water partition coefficient (Wildman–Crippen LogP) is 3.70. The summed E-state index contributed by atoms with van der Waals surface area (Å²) >= 11 is 1.36. The molecule has 5 rings (SSSR count). The van der Waals surface area contributed by atoms with Crippen molar-refractivity contribution in [3.05, 3.63) is 47.7 Å². The Balaban J connectivity index is 0.000000331. The first-order valence-electron chi connectivity index (χ1n) is 10.3. The second-order valence-electron chi connectivity index (χ2n) is 7.84. The fraction of sp³-hybridized carbons (Fsp3) is 0.364. The van der Waals surface area contributed by atoms with E-state index in [1.165, 1.54) is 23.5 Å². The lowest BCUT2D eigenvalue weighted by atomic mass is 9.73. The van der Waals surface area contributed by atoms with Gasteiger partial charge in [0.1, 0.15) is 5.82 Å². The van der Waals surface area contributed by atoms with E-state index >= 15 is 0 Å². The Morgan fingerprint density at radius 2 is 1.79 bits per heavy atom. The van der Waals surface area contributed by atoms with Crippen molar-refractivity contribution in [1.29, 1.82) is 0 Å². The highest BCUT2D eigenvalue weighted by molar-refractivity contribution is 7.13. The Labute approximate surface area is 193 Å². The van der Waals surface area contributed by atoms with Crippen LogP contribution >= 0.6 is 11.3 Å². The lowest BCUT2D eigenvalue weighted by Crippen LogP contribution is -2.50. The summed E-state index contributed by atoms with van der Waals surface area (Å²) in [6.45, 7) is 3.74. The molecule has 0 saturated carbocycles. The molecule has 9 nitrogen and oxygen atoms in total. The number of rotatable bonds is 6. The van der Waals surface area contributed by atoms with E-state index < -0.39 is 18.0 Å². The van der Waals surface area contributed by atoms with Crippen LogP contribution in [0.1, 0.15) is 19.3 Å². The Bertz CT molecular complexity index is 1000. The molecule has 3 N–H and O–H groups in total. The van der Waals surface area contributed by atoms with Gasteiger partial charge in [-0.25, -0.2) is 23.8 Å². The maximum absolute atomic E-state index is 13.4. The number of halogens is 1. The molecule has 0 aliphatic carbocycles. The minimum absolute atomic E-state index is 0.138. The molecule has 3 saturated heterocycles. The molecule has 33 heavy (non-hydrogen) atoms. The average Bonchev–Trinajstić information content (AvgIpc) is 3.26. The summed E-state index contributed by atoms with van der Waals surface area (Å²) in [5.74, 6) is -2.42. The van der Waals surface area contributed by atoms with Gasteiger partial charge < -0.3 is 19.8 Å². The molecule has 2 bridgehead atoms. The topological polar surface area (TPSA) is 129 Å². The van der Waals surface area contributed by atoms with Gasteiger partial charge in [-0.2, -0.15) is 0 Å². The molecule has 176 valence electrons. The fourth-order valence-corrected chi connectivity index (χ4v) is 4.52. The van der Waals surface area contributed by atoms with Gasteiger partial charge >= 0.3 is 18.0 Å². The second-order valence-corrected chi connectivity index (χ2v) is 8.70. The molecule has 0 spiro atoms. The standard InChI is InChI=1S/C18H20FN3O2S.C4H4O4/c19-14-3-1-2-13(10-14)15-16(20-12-25-15)21-17(23)24-11-18-4-7-22(8-5-18)9-6-18;5-3(6)1-2-4(7)8/h1-3,10,12H,4-9,11H2,(H,21,23);1-2H,(H,5,6)(H,7,8)/b;2-1+. The molecule has 3 aliphatic heterocycles. The van der Waals surface area contributed by atoms with Gasteiger partial charge in [0, 0.05) is 17.6 Å². The molecule has 0 atom stereocenters. The molecule has 0 unspecified atom stereocenters. The molecule has 11 heteroatoms. The molecule has 4 heterocycles. The summed E-state index contributed by atoms with van der Waals surface area (Å²) in [7, 11) is 0. The SMILES string of the molecule is O=C(Nc1ncsc1-c1cccc(F)c1)OCC12CCN(CC1)CC2.O=C(O)/C=C/C(=O)O. The van der Waals surface area contributed by atoms with Gasteiger partial charge in [0.2, 0.25) is 0 Å². The van der Waals surface area contributed by atoms with Crippen LogP contribution in [0.5, 0.6) is 0 Å². The van der Waals surface area contributed by atoms with Crippen molar-refractivity contribution in [3.8, 4) is 10.4 Å².